The van der Waals surface area contributed by atoms with E-state index in [-0.39, 0.29) is 13.2 Å². The molecular formula is C27H32O6. The first-order valence-electron chi connectivity index (χ1n) is 10.9. The molecule has 0 saturated carbocycles. The summed E-state index contributed by atoms with van der Waals surface area (Å²) in [6.45, 7) is 1.10. The maximum Gasteiger partial charge on any atom is 0.143 e. The van der Waals surface area contributed by atoms with E-state index in [9.17, 15) is 5.11 Å². The summed E-state index contributed by atoms with van der Waals surface area (Å²) in [5.74, 6) is 1.50. The molecule has 6 heteroatoms. The number of hydrogen-bond acceptors (Lipinski definition) is 6. The minimum absolute atomic E-state index is 0.0694. The van der Waals surface area contributed by atoms with Crippen molar-refractivity contribution in [2.24, 2.45) is 0 Å². The summed E-state index contributed by atoms with van der Waals surface area (Å²) >= 11 is 0. The van der Waals surface area contributed by atoms with Crippen molar-refractivity contribution in [1.29, 1.82) is 0 Å². The van der Waals surface area contributed by atoms with Crippen molar-refractivity contribution in [3.8, 4) is 11.5 Å². The van der Waals surface area contributed by atoms with Gasteiger partial charge in [0.25, 0.3) is 0 Å². The maximum absolute atomic E-state index is 10.6. The SMILES string of the molecule is COCCOC[C@@H](O)COC(c1ccccc1)(c1ccc(OC)cc1)c1ccc(OC)cc1. The molecule has 0 radical (unpaired) electrons. The Morgan fingerprint density at radius 2 is 1.18 bits per heavy atom. The second kappa shape index (κ2) is 12.4. The second-order valence-corrected chi connectivity index (χ2v) is 7.54. The van der Waals surface area contributed by atoms with Crippen LogP contribution >= 0.6 is 0 Å². The summed E-state index contributed by atoms with van der Waals surface area (Å²) in [5, 5.41) is 10.6. The molecule has 3 aromatic rings. The van der Waals surface area contributed by atoms with Gasteiger partial charge in [-0.1, -0.05) is 54.6 Å². The molecule has 0 aliphatic heterocycles. The standard InChI is InChI=1S/C27H32O6/c1-29-17-18-32-19-24(28)20-33-27(21-7-5-4-6-8-21,22-9-13-25(30-2)14-10-22)23-11-15-26(31-3)16-12-23/h4-16,24,28H,17-20H2,1-3H3/t24-/m1/s1. The summed E-state index contributed by atoms with van der Waals surface area (Å²) in [6.07, 6.45) is -0.804. The molecule has 0 heterocycles. The van der Waals surface area contributed by atoms with E-state index in [1.165, 1.54) is 0 Å². The van der Waals surface area contributed by atoms with Gasteiger partial charge in [0.1, 0.15) is 23.2 Å². The van der Waals surface area contributed by atoms with Crippen LogP contribution in [0.4, 0.5) is 0 Å². The zero-order chi connectivity index (χ0) is 23.5. The van der Waals surface area contributed by atoms with Crippen LogP contribution in [-0.2, 0) is 19.8 Å². The van der Waals surface area contributed by atoms with Crippen LogP contribution in [0.25, 0.3) is 0 Å². The first-order valence-corrected chi connectivity index (χ1v) is 10.9. The number of benzene rings is 3. The van der Waals surface area contributed by atoms with Gasteiger partial charge in [0.05, 0.1) is 40.6 Å². The van der Waals surface area contributed by atoms with Gasteiger partial charge in [-0.25, -0.2) is 0 Å². The molecule has 0 unspecified atom stereocenters. The number of ether oxygens (including phenoxy) is 5. The monoisotopic (exact) mass is 452 g/mol. The molecule has 1 atom stereocenters. The first-order chi connectivity index (χ1) is 16.1. The van der Waals surface area contributed by atoms with Crippen LogP contribution in [0, 0.1) is 0 Å². The summed E-state index contributed by atoms with van der Waals surface area (Å²) in [5.41, 5.74) is 1.79. The van der Waals surface area contributed by atoms with E-state index < -0.39 is 11.7 Å². The summed E-state index contributed by atoms with van der Waals surface area (Å²) in [6, 6.07) is 25.5. The van der Waals surface area contributed by atoms with Crippen molar-refractivity contribution in [3.63, 3.8) is 0 Å². The van der Waals surface area contributed by atoms with Crippen molar-refractivity contribution >= 4 is 0 Å². The van der Waals surface area contributed by atoms with E-state index in [0.29, 0.717) is 13.2 Å². The molecule has 0 aliphatic carbocycles. The van der Waals surface area contributed by atoms with Crippen LogP contribution in [0.1, 0.15) is 16.7 Å². The van der Waals surface area contributed by atoms with Crippen LogP contribution < -0.4 is 9.47 Å². The molecule has 0 spiro atoms. The zero-order valence-corrected chi connectivity index (χ0v) is 19.4. The van der Waals surface area contributed by atoms with E-state index in [0.717, 1.165) is 28.2 Å². The first kappa shape index (κ1) is 24.7. The molecule has 0 saturated heterocycles. The summed E-state index contributed by atoms with van der Waals surface area (Å²) < 4.78 is 27.8. The fraction of sp³-hybridized carbons (Fsp3) is 0.333. The summed E-state index contributed by atoms with van der Waals surface area (Å²) in [7, 11) is 4.89. The minimum atomic E-state index is -0.965. The van der Waals surface area contributed by atoms with Crippen molar-refractivity contribution in [1.82, 2.24) is 0 Å². The maximum atomic E-state index is 10.6. The molecule has 1 N–H and O–H groups in total. The Morgan fingerprint density at radius 3 is 1.67 bits per heavy atom. The number of aliphatic hydroxyl groups is 1. The molecule has 33 heavy (non-hydrogen) atoms. The molecule has 3 rings (SSSR count). The van der Waals surface area contributed by atoms with Crippen LogP contribution in [0.3, 0.4) is 0 Å². The van der Waals surface area contributed by atoms with Crippen molar-refractivity contribution in [2.75, 3.05) is 47.8 Å². The van der Waals surface area contributed by atoms with Crippen LogP contribution in [0.5, 0.6) is 11.5 Å². The third-order valence-corrected chi connectivity index (χ3v) is 5.41. The molecule has 0 aliphatic rings. The van der Waals surface area contributed by atoms with Gasteiger partial charge in [-0.15, -0.1) is 0 Å². The fourth-order valence-corrected chi connectivity index (χ4v) is 3.71. The molecule has 3 aromatic carbocycles. The van der Waals surface area contributed by atoms with Gasteiger partial charge in [-0.3, -0.25) is 0 Å². The smallest absolute Gasteiger partial charge is 0.143 e. The Morgan fingerprint density at radius 1 is 0.667 bits per heavy atom. The predicted octanol–water partition coefficient (Wildman–Crippen LogP) is 4.04. The molecular weight excluding hydrogens is 420 g/mol. The third kappa shape index (κ3) is 6.12. The molecule has 0 amide bonds. The highest BCUT2D eigenvalue weighted by atomic mass is 16.5. The quantitative estimate of drug-likeness (QED) is 0.312. The van der Waals surface area contributed by atoms with Gasteiger partial charge >= 0.3 is 0 Å². The highest BCUT2D eigenvalue weighted by Gasteiger charge is 2.38. The highest BCUT2D eigenvalue weighted by molar-refractivity contribution is 5.49. The number of methoxy groups -OCH3 is 3. The van der Waals surface area contributed by atoms with Crippen molar-refractivity contribution < 1.29 is 28.8 Å². The van der Waals surface area contributed by atoms with Crippen molar-refractivity contribution in [3.05, 3.63) is 95.6 Å². The molecule has 0 fully saturated rings. The highest BCUT2D eigenvalue weighted by Crippen LogP contribution is 2.41. The van der Waals surface area contributed by atoms with Crippen LogP contribution in [0.15, 0.2) is 78.9 Å². The lowest BCUT2D eigenvalue weighted by Gasteiger charge is -2.36. The fourth-order valence-electron chi connectivity index (χ4n) is 3.71. The van der Waals surface area contributed by atoms with E-state index >= 15 is 0 Å². The van der Waals surface area contributed by atoms with Gasteiger partial charge in [0, 0.05) is 7.11 Å². The Labute approximate surface area is 195 Å². The van der Waals surface area contributed by atoms with Gasteiger partial charge in [0.2, 0.25) is 0 Å². The lowest BCUT2D eigenvalue weighted by molar-refractivity contribution is -0.0675. The zero-order valence-electron chi connectivity index (χ0n) is 19.4. The average molecular weight is 453 g/mol. The summed E-state index contributed by atoms with van der Waals surface area (Å²) in [4.78, 5) is 0. The number of rotatable bonds is 13. The van der Waals surface area contributed by atoms with Crippen LogP contribution in [0.2, 0.25) is 0 Å². The largest absolute Gasteiger partial charge is 0.497 e. The Hall–Kier alpha value is -2.90. The number of hydrogen-bond donors (Lipinski definition) is 1. The van der Waals surface area contributed by atoms with Gasteiger partial charge in [-0.2, -0.15) is 0 Å². The van der Waals surface area contributed by atoms with Crippen LogP contribution in [-0.4, -0.2) is 59.0 Å². The Bertz CT molecular complexity index is 893. The van der Waals surface area contributed by atoms with E-state index in [2.05, 4.69) is 0 Å². The lowest BCUT2D eigenvalue weighted by atomic mass is 9.80. The number of aliphatic hydroxyl groups excluding tert-OH is 1. The van der Waals surface area contributed by atoms with Crippen molar-refractivity contribution in [2.45, 2.75) is 11.7 Å². The van der Waals surface area contributed by atoms with Gasteiger partial charge in [-0.05, 0) is 41.0 Å². The average Bonchev–Trinajstić information content (AvgIpc) is 2.88. The Kier molecular flexibility index (Phi) is 9.27. The normalized spacial score (nSPS) is 12.4. The molecule has 0 aromatic heterocycles. The topological polar surface area (TPSA) is 66.4 Å². The minimum Gasteiger partial charge on any atom is -0.497 e. The van der Waals surface area contributed by atoms with E-state index in [1.807, 2.05) is 78.9 Å². The third-order valence-electron chi connectivity index (χ3n) is 5.41. The van der Waals surface area contributed by atoms with Gasteiger partial charge in [0.15, 0.2) is 0 Å². The predicted molar refractivity (Wildman–Crippen MR) is 127 cm³/mol. The molecule has 6 nitrogen and oxygen atoms in total. The lowest BCUT2D eigenvalue weighted by Crippen LogP contribution is -2.36. The molecule has 0 bridgehead atoms. The Balaban J connectivity index is 2.02. The second-order valence-electron chi connectivity index (χ2n) is 7.54. The van der Waals surface area contributed by atoms with Gasteiger partial charge < -0.3 is 28.8 Å². The van der Waals surface area contributed by atoms with E-state index in [4.69, 9.17) is 23.7 Å². The molecule has 176 valence electrons. The van der Waals surface area contributed by atoms with E-state index in [1.54, 1.807) is 21.3 Å².